The first-order valence-corrected chi connectivity index (χ1v) is 8.27. The Morgan fingerprint density at radius 1 is 1.30 bits per heavy atom. The van der Waals surface area contributed by atoms with Gasteiger partial charge < -0.3 is 14.5 Å². The second kappa shape index (κ2) is 7.36. The van der Waals surface area contributed by atoms with Crippen LogP contribution in [0, 0.1) is 0 Å². The molecule has 1 aromatic heterocycles. The zero-order valence-corrected chi connectivity index (χ0v) is 13.5. The monoisotopic (exact) mass is 313 g/mol. The summed E-state index contributed by atoms with van der Waals surface area (Å²) < 4.78 is 10.9. The molecule has 0 saturated heterocycles. The van der Waals surface area contributed by atoms with E-state index in [9.17, 15) is 4.79 Å². The number of amides is 1. The van der Waals surface area contributed by atoms with Crippen LogP contribution in [0.2, 0.25) is 0 Å². The predicted molar refractivity (Wildman–Crippen MR) is 88.6 cm³/mol. The third-order valence-electron chi connectivity index (χ3n) is 4.25. The Kier molecular flexibility index (Phi) is 5.01. The molecule has 1 aliphatic rings. The Balaban J connectivity index is 1.40. The van der Waals surface area contributed by atoms with Crippen LogP contribution < -0.4 is 10.1 Å². The summed E-state index contributed by atoms with van der Waals surface area (Å²) in [5.74, 6) is 1.64. The molecule has 23 heavy (non-hydrogen) atoms. The highest BCUT2D eigenvalue weighted by Gasteiger charge is 2.13. The largest absolute Gasteiger partial charge is 0.484 e. The van der Waals surface area contributed by atoms with Crippen molar-refractivity contribution in [2.45, 2.75) is 45.1 Å². The van der Waals surface area contributed by atoms with E-state index in [4.69, 9.17) is 9.15 Å². The second-order valence-electron chi connectivity index (χ2n) is 6.16. The molecule has 0 bridgehead atoms. The van der Waals surface area contributed by atoms with Crippen molar-refractivity contribution in [3.8, 4) is 5.75 Å². The summed E-state index contributed by atoms with van der Waals surface area (Å²) in [6.45, 7) is 2.06. The van der Waals surface area contributed by atoms with Crippen molar-refractivity contribution >= 4 is 5.91 Å². The van der Waals surface area contributed by atoms with E-state index >= 15 is 0 Å². The van der Waals surface area contributed by atoms with E-state index in [-0.39, 0.29) is 18.6 Å². The number of fused-ring (bicyclic) bond motifs is 1. The lowest BCUT2D eigenvalue weighted by atomic mass is 10.1. The molecule has 2 aromatic rings. The summed E-state index contributed by atoms with van der Waals surface area (Å²) in [6, 6.07) is 10.1. The Morgan fingerprint density at radius 3 is 3.00 bits per heavy atom. The summed E-state index contributed by atoms with van der Waals surface area (Å²) in [4.78, 5) is 12.0. The summed E-state index contributed by atoms with van der Waals surface area (Å²) in [7, 11) is 0. The smallest absolute Gasteiger partial charge is 0.258 e. The van der Waals surface area contributed by atoms with Crippen molar-refractivity contribution in [2.24, 2.45) is 0 Å². The molecule has 4 nitrogen and oxygen atoms in total. The van der Waals surface area contributed by atoms with Crippen molar-refractivity contribution in [3.63, 3.8) is 0 Å². The molecule has 0 spiro atoms. The number of furan rings is 1. The standard InChI is InChI=1S/C19H23NO3/c1-14(7-9-17-6-3-11-22-17)20-19(21)13-23-18-10-8-15-4-2-5-16(15)12-18/h3,6,8,10-12,14H,2,4-5,7,9,13H2,1H3,(H,20,21)/t14-/m1/s1. The average molecular weight is 313 g/mol. The molecule has 0 radical (unpaired) electrons. The van der Waals surface area contributed by atoms with E-state index in [1.54, 1.807) is 6.26 Å². The first kappa shape index (κ1) is 15.7. The molecule has 1 atom stereocenters. The third kappa shape index (κ3) is 4.38. The zero-order chi connectivity index (χ0) is 16.1. The number of aryl methyl sites for hydroxylation is 3. The highest BCUT2D eigenvalue weighted by atomic mass is 16.5. The van der Waals surface area contributed by atoms with Gasteiger partial charge in [0.15, 0.2) is 6.61 Å². The molecular weight excluding hydrogens is 290 g/mol. The van der Waals surface area contributed by atoms with Gasteiger partial charge in [-0.1, -0.05) is 6.07 Å². The second-order valence-corrected chi connectivity index (χ2v) is 6.16. The number of ether oxygens (including phenoxy) is 1. The zero-order valence-electron chi connectivity index (χ0n) is 13.5. The van der Waals surface area contributed by atoms with Crippen LogP contribution in [0.4, 0.5) is 0 Å². The summed E-state index contributed by atoms with van der Waals surface area (Å²) in [6.07, 6.45) is 6.82. The van der Waals surface area contributed by atoms with Gasteiger partial charge in [0.25, 0.3) is 5.91 Å². The highest BCUT2D eigenvalue weighted by molar-refractivity contribution is 5.77. The van der Waals surface area contributed by atoms with Crippen LogP contribution in [-0.4, -0.2) is 18.6 Å². The molecule has 0 aliphatic heterocycles. The number of hydrogen-bond donors (Lipinski definition) is 1. The van der Waals surface area contributed by atoms with Crippen LogP contribution in [0.3, 0.4) is 0 Å². The summed E-state index contributed by atoms with van der Waals surface area (Å²) in [5.41, 5.74) is 2.77. The van der Waals surface area contributed by atoms with Crippen LogP contribution in [-0.2, 0) is 24.1 Å². The molecule has 1 N–H and O–H groups in total. The quantitative estimate of drug-likeness (QED) is 0.853. The van der Waals surface area contributed by atoms with Gasteiger partial charge in [-0.3, -0.25) is 4.79 Å². The van der Waals surface area contributed by atoms with Gasteiger partial charge in [-0.2, -0.15) is 0 Å². The molecule has 4 heteroatoms. The fraction of sp³-hybridized carbons (Fsp3) is 0.421. The minimum Gasteiger partial charge on any atom is -0.484 e. The molecule has 0 saturated carbocycles. The van der Waals surface area contributed by atoms with E-state index in [1.807, 2.05) is 25.1 Å². The summed E-state index contributed by atoms with van der Waals surface area (Å²) >= 11 is 0. The van der Waals surface area contributed by atoms with Crippen molar-refractivity contribution < 1.29 is 13.9 Å². The SMILES string of the molecule is C[C@H](CCc1ccco1)NC(=O)COc1ccc2c(c1)CCC2. The predicted octanol–water partition coefficient (Wildman–Crippen LogP) is 3.28. The van der Waals surface area contributed by atoms with Gasteiger partial charge in [0.1, 0.15) is 11.5 Å². The average Bonchev–Trinajstić information content (AvgIpc) is 3.21. The lowest BCUT2D eigenvalue weighted by Crippen LogP contribution is -2.36. The molecule has 122 valence electrons. The highest BCUT2D eigenvalue weighted by Crippen LogP contribution is 2.25. The van der Waals surface area contributed by atoms with Crippen molar-refractivity contribution in [3.05, 3.63) is 53.5 Å². The lowest BCUT2D eigenvalue weighted by molar-refractivity contribution is -0.123. The van der Waals surface area contributed by atoms with Crippen LogP contribution in [0.15, 0.2) is 41.0 Å². The van der Waals surface area contributed by atoms with E-state index in [1.165, 1.54) is 17.5 Å². The van der Waals surface area contributed by atoms with E-state index in [0.717, 1.165) is 37.2 Å². The van der Waals surface area contributed by atoms with Crippen LogP contribution >= 0.6 is 0 Å². The Bertz CT molecular complexity index is 649. The Labute approximate surface area is 136 Å². The molecule has 0 fully saturated rings. The van der Waals surface area contributed by atoms with Gasteiger partial charge in [0.2, 0.25) is 0 Å². The fourth-order valence-corrected chi connectivity index (χ4v) is 2.99. The van der Waals surface area contributed by atoms with E-state index in [2.05, 4.69) is 17.4 Å². The fourth-order valence-electron chi connectivity index (χ4n) is 2.99. The first-order chi connectivity index (χ1) is 11.2. The van der Waals surface area contributed by atoms with Gasteiger partial charge in [-0.25, -0.2) is 0 Å². The number of rotatable bonds is 7. The molecular formula is C19H23NO3. The number of benzene rings is 1. The van der Waals surface area contributed by atoms with Crippen LogP contribution in [0.5, 0.6) is 5.75 Å². The number of carbonyl (C=O) groups is 1. The molecule has 1 aromatic carbocycles. The van der Waals surface area contributed by atoms with E-state index in [0.29, 0.717) is 0 Å². The van der Waals surface area contributed by atoms with Crippen LogP contribution in [0.25, 0.3) is 0 Å². The van der Waals surface area contributed by atoms with Gasteiger partial charge in [-0.15, -0.1) is 0 Å². The normalized spacial score (nSPS) is 14.3. The Hall–Kier alpha value is -2.23. The minimum absolute atomic E-state index is 0.0594. The molecule has 1 amide bonds. The van der Waals surface area contributed by atoms with Crippen LogP contribution in [0.1, 0.15) is 36.7 Å². The number of carbonyl (C=O) groups excluding carboxylic acids is 1. The van der Waals surface area contributed by atoms with Gasteiger partial charge in [-0.05, 0) is 68.0 Å². The number of hydrogen-bond acceptors (Lipinski definition) is 3. The molecule has 1 aliphatic carbocycles. The lowest BCUT2D eigenvalue weighted by Gasteiger charge is -2.14. The molecule has 1 heterocycles. The van der Waals surface area contributed by atoms with E-state index < -0.39 is 0 Å². The van der Waals surface area contributed by atoms with Crippen molar-refractivity contribution in [1.29, 1.82) is 0 Å². The maximum Gasteiger partial charge on any atom is 0.258 e. The van der Waals surface area contributed by atoms with Gasteiger partial charge in [0.05, 0.1) is 6.26 Å². The Morgan fingerprint density at radius 2 is 2.17 bits per heavy atom. The molecule has 3 rings (SSSR count). The first-order valence-electron chi connectivity index (χ1n) is 8.27. The maximum absolute atomic E-state index is 12.0. The maximum atomic E-state index is 12.0. The summed E-state index contributed by atoms with van der Waals surface area (Å²) in [5, 5.41) is 2.96. The van der Waals surface area contributed by atoms with Gasteiger partial charge >= 0.3 is 0 Å². The van der Waals surface area contributed by atoms with Crippen molar-refractivity contribution in [2.75, 3.05) is 6.61 Å². The van der Waals surface area contributed by atoms with Crippen molar-refractivity contribution in [1.82, 2.24) is 5.32 Å². The number of nitrogens with one attached hydrogen (secondary N) is 1. The third-order valence-corrected chi connectivity index (χ3v) is 4.25. The topological polar surface area (TPSA) is 51.5 Å². The molecule has 0 unspecified atom stereocenters. The van der Waals surface area contributed by atoms with Gasteiger partial charge in [0, 0.05) is 12.5 Å². The minimum atomic E-state index is -0.0857.